The minimum Gasteiger partial charge on any atom is -0.353 e. The number of benzene rings is 1. The molecule has 1 aliphatic carbocycles. The monoisotopic (exact) mass is 290 g/mol. The first-order chi connectivity index (χ1) is 9.98. The fourth-order valence-electron chi connectivity index (χ4n) is 2.72. The molecule has 0 heterocycles. The number of aliphatic hydroxyl groups is 2. The van der Waals surface area contributed by atoms with E-state index in [9.17, 15) is 19.8 Å². The van der Waals surface area contributed by atoms with Crippen LogP contribution in [0.1, 0.15) is 71.7 Å². The van der Waals surface area contributed by atoms with Crippen molar-refractivity contribution in [2.24, 2.45) is 0 Å². The normalized spacial score (nSPS) is 16.3. The van der Waals surface area contributed by atoms with Gasteiger partial charge < -0.3 is 10.2 Å². The lowest BCUT2D eigenvalue weighted by Gasteiger charge is -2.08. The largest absolute Gasteiger partial charge is 0.353 e. The van der Waals surface area contributed by atoms with Crippen molar-refractivity contribution in [1.82, 2.24) is 0 Å². The van der Waals surface area contributed by atoms with Gasteiger partial charge in [0.15, 0.2) is 0 Å². The van der Waals surface area contributed by atoms with Crippen molar-refractivity contribution >= 4 is 11.6 Å². The van der Waals surface area contributed by atoms with Crippen LogP contribution in [0.2, 0.25) is 0 Å². The Bertz CT molecular complexity index is 546. The molecule has 0 fully saturated rings. The second kappa shape index (κ2) is 6.50. The number of hydrogen-bond donors (Lipinski definition) is 2. The number of carbonyl (C=O) groups is 2. The quantitative estimate of drug-likeness (QED) is 0.460. The zero-order valence-corrected chi connectivity index (χ0v) is 12.4. The molecule has 1 aromatic rings. The summed E-state index contributed by atoms with van der Waals surface area (Å²) >= 11 is 0. The standard InChI is InChI=1S/C17H22O4/c1-2-3-4-5-6-7-8-12-9-10-13-14(11-12)16(19)17(20,21)15(13)18/h9-11,20-21H,2-8H2,1H3. The number of unbranched alkanes of at least 4 members (excludes halogenated alkanes) is 5. The van der Waals surface area contributed by atoms with Gasteiger partial charge in [-0.25, -0.2) is 0 Å². The number of rotatable bonds is 7. The van der Waals surface area contributed by atoms with Crippen molar-refractivity contribution in [3.8, 4) is 0 Å². The Morgan fingerprint density at radius 1 is 0.905 bits per heavy atom. The smallest absolute Gasteiger partial charge is 0.295 e. The van der Waals surface area contributed by atoms with Crippen LogP contribution in [-0.4, -0.2) is 27.6 Å². The Labute approximate surface area is 124 Å². The maximum atomic E-state index is 11.8. The van der Waals surface area contributed by atoms with Gasteiger partial charge in [0.2, 0.25) is 11.6 Å². The second-order valence-electron chi connectivity index (χ2n) is 5.73. The van der Waals surface area contributed by atoms with E-state index < -0.39 is 17.4 Å². The average Bonchev–Trinajstić information content (AvgIpc) is 2.64. The molecule has 2 N–H and O–H groups in total. The lowest BCUT2D eigenvalue weighted by Crippen LogP contribution is -2.40. The summed E-state index contributed by atoms with van der Waals surface area (Å²) in [5.74, 6) is -4.71. The van der Waals surface area contributed by atoms with Gasteiger partial charge in [0, 0.05) is 11.1 Å². The molecule has 0 aliphatic heterocycles. The van der Waals surface area contributed by atoms with E-state index in [2.05, 4.69) is 6.92 Å². The third-order valence-electron chi connectivity index (χ3n) is 4.03. The third kappa shape index (κ3) is 3.22. The summed E-state index contributed by atoms with van der Waals surface area (Å²) in [7, 11) is 0. The molecule has 21 heavy (non-hydrogen) atoms. The van der Waals surface area contributed by atoms with Crippen molar-refractivity contribution in [3.05, 3.63) is 34.9 Å². The van der Waals surface area contributed by atoms with Crippen LogP contribution in [0.15, 0.2) is 18.2 Å². The Hall–Kier alpha value is -1.52. The predicted octanol–water partition coefficient (Wildman–Crippen LogP) is 2.65. The first-order valence-corrected chi connectivity index (χ1v) is 7.65. The van der Waals surface area contributed by atoms with E-state index in [-0.39, 0.29) is 11.1 Å². The number of aryl methyl sites for hydroxylation is 1. The summed E-state index contributed by atoms with van der Waals surface area (Å²) in [6.07, 6.45) is 7.99. The molecule has 2 rings (SSSR count). The van der Waals surface area contributed by atoms with Crippen LogP contribution in [-0.2, 0) is 6.42 Å². The highest BCUT2D eigenvalue weighted by Gasteiger charge is 2.50. The van der Waals surface area contributed by atoms with Gasteiger partial charge in [-0.2, -0.15) is 0 Å². The Balaban J connectivity index is 1.96. The van der Waals surface area contributed by atoms with E-state index in [1.54, 1.807) is 12.1 Å². The summed E-state index contributed by atoms with van der Waals surface area (Å²) < 4.78 is 0. The first kappa shape index (κ1) is 15.9. The summed E-state index contributed by atoms with van der Waals surface area (Å²) in [5.41, 5.74) is 1.20. The van der Waals surface area contributed by atoms with Crippen LogP contribution in [0.25, 0.3) is 0 Å². The molecule has 0 atom stereocenters. The van der Waals surface area contributed by atoms with Gasteiger partial charge in [-0.05, 0) is 24.5 Å². The second-order valence-corrected chi connectivity index (χ2v) is 5.73. The number of Topliss-reactive ketones (excluding diaryl/α,β-unsaturated/α-hetero) is 2. The Morgan fingerprint density at radius 3 is 2.24 bits per heavy atom. The van der Waals surface area contributed by atoms with Crippen LogP contribution >= 0.6 is 0 Å². The van der Waals surface area contributed by atoms with E-state index in [1.165, 1.54) is 31.7 Å². The molecule has 1 aliphatic rings. The molecule has 0 aromatic heterocycles. The third-order valence-corrected chi connectivity index (χ3v) is 4.03. The molecule has 0 saturated carbocycles. The number of ketones is 2. The Kier molecular flexibility index (Phi) is 4.91. The van der Waals surface area contributed by atoms with Crippen LogP contribution in [0.4, 0.5) is 0 Å². The highest BCUT2D eigenvalue weighted by molar-refractivity contribution is 6.30. The van der Waals surface area contributed by atoms with Gasteiger partial charge in [0.05, 0.1) is 0 Å². The molecule has 0 saturated heterocycles. The first-order valence-electron chi connectivity index (χ1n) is 7.65. The predicted molar refractivity (Wildman–Crippen MR) is 79.4 cm³/mol. The van der Waals surface area contributed by atoms with Crippen molar-refractivity contribution in [1.29, 1.82) is 0 Å². The van der Waals surface area contributed by atoms with E-state index in [1.807, 2.05) is 0 Å². The minimum atomic E-state index is -2.87. The van der Waals surface area contributed by atoms with E-state index in [0.29, 0.717) is 0 Å². The number of carbonyl (C=O) groups excluding carboxylic acids is 2. The molecule has 4 nitrogen and oxygen atoms in total. The SMILES string of the molecule is CCCCCCCCc1ccc2c(c1)C(=O)C(O)(O)C2=O. The molecule has 0 bridgehead atoms. The molecule has 0 unspecified atom stereocenters. The number of fused-ring (bicyclic) bond motifs is 1. The fourth-order valence-corrected chi connectivity index (χ4v) is 2.72. The molecular weight excluding hydrogens is 268 g/mol. The highest BCUT2D eigenvalue weighted by atomic mass is 16.5. The molecule has 0 amide bonds. The lowest BCUT2D eigenvalue weighted by atomic mass is 10.0. The van der Waals surface area contributed by atoms with Crippen LogP contribution in [0, 0.1) is 0 Å². The molecule has 0 spiro atoms. The van der Waals surface area contributed by atoms with Crippen molar-refractivity contribution < 1.29 is 19.8 Å². The Morgan fingerprint density at radius 2 is 1.52 bits per heavy atom. The topological polar surface area (TPSA) is 74.6 Å². The maximum absolute atomic E-state index is 11.8. The minimum absolute atomic E-state index is 0.108. The molecular formula is C17H22O4. The lowest BCUT2D eigenvalue weighted by molar-refractivity contribution is -0.0857. The van der Waals surface area contributed by atoms with Crippen molar-refractivity contribution in [2.75, 3.05) is 0 Å². The highest BCUT2D eigenvalue weighted by Crippen LogP contribution is 2.29. The summed E-state index contributed by atoms with van der Waals surface area (Å²) in [6.45, 7) is 2.19. The van der Waals surface area contributed by atoms with Gasteiger partial charge in [0.25, 0.3) is 5.79 Å². The average molecular weight is 290 g/mol. The molecule has 4 heteroatoms. The van der Waals surface area contributed by atoms with E-state index in [4.69, 9.17) is 0 Å². The summed E-state index contributed by atoms with van der Waals surface area (Å²) in [4.78, 5) is 23.5. The van der Waals surface area contributed by atoms with Crippen LogP contribution in [0.5, 0.6) is 0 Å². The number of hydrogen-bond acceptors (Lipinski definition) is 4. The molecule has 114 valence electrons. The van der Waals surface area contributed by atoms with E-state index >= 15 is 0 Å². The van der Waals surface area contributed by atoms with Crippen molar-refractivity contribution in [2.45, 2.75) is 57.7 Å². The van der Waals surface area contributed by atoms with Crippen LogP contribution < -0.4 is 0 Å². The van der Waals surface area contributed by atoms with Gasteiger partial charge in [-0.1, -0.05) is 51.2 Å². The maximum Gasteiger partial charge on any atom is 0.295 e. The summed E-state index contributed by atoms with van der Waals surface area (Å²) in [6, 6.07) is 4.93. The van der Waals surface area contributed by atoms with Gasteiger partial charge in [-0.15, -0.1) is 0 Å². The van der Waals surface area contributed by atoms with Crippen LogP contribution in [0.3, 0.4) is 0 Å². The van der Waals surface area contributed by atoms with Crippen molar-refractivity contribution in [3.63, 3.8) is 0 Å². The van der Waals surface area contributed by atoms with Gasteiger partial charge in [-0.3, -0.25) is 9.59 Å². The zero-order valence-electron chi connectivity index (χ0n) is 12.4. The molecule has 1 aromatic carbocycles. The van der Waals surface area contributed by atoms with E-state index in [0.717, 1.165) is 24.8 Å². The molecule has 0 radical (unpaired) electrons. The van der Waals surface area contributed by atoms with Gasteiger partial charge >= 0.3 is 0 Å². The fraction of sp³-hybridized carbons (Fsp3) is 0.529. The zero-order chi connectivity index (χ0) is 15.5. The van der Waals surface area contributed by atoms with Gasteiger partial charge in [0.1, 0.15) is 0 Å². The summed E-state index contributed by atoms with van der Waals surface area (Å²) in [5, 5.41) is 19.0.